The van der Waals surface area contributed by atoms with Gasteiger partial charge in [-0.3, -0.25) is 0 Å². The van der Waals surface area contributed by atoms with Gasteiger partial charge >= 0.3 is 39.9 Å². The average Bonchev–Trinajstić information content (AvgIpc) is 2.73. The van der Waals surface area contributed by atoms with E-state index in [-0.39, 0.29) is 23.0 Å². The molecular formula is C12H12FeO5. The van der Waals surface area contributed by atoms with Crippen LogP contribution in [0.3, 0.4) is 0 Å². The van der Waals surface area contributed by atoms with Crippen LogP contribution in [0, 0.1) is 20.0 Å². The Bertz CT molecular complexity index is 298. The van der Waals surface area contributed by atoms with E-state index in [2.05, 4.69) is 24.7 Å². The van der Waals surface area contributed by atoms with Crippen LogP contribution in [0.5, 0.6) is 0 Å². The Morgan fingerprint density at radius 3 is 2.11 bits per heavy atom. The van der Waals surface area contributed by atoms with Crippen LogP contribution in [0.25, 0.3) is 0 Å². The Labute approximate surface area is 117 Å². The molecule has 0 aliphatic heterocycles. The second kappa shape index (κ2) is 24.8. The maximum absolute atomic E-state index is 11.0. The van der Waals surface area contributed by atoms with Crippen molar-refractivity contribution in [2.75, 3.05) is 7.11 Å². The van der Waals surface area contributed by atoms with Gasteiger partial charge in [-0.05, 0) is 19.3 Å². The molecule has 0 unspecified atom stereocenters. The number of rotatable bonds is 1. The Kier molecular flexibility index (Phi) is 35.1. The second-order valence-electron chi connectivity index (χ2n) is 2.48. The van der Waals surface area contributed by atoms with Crippen LogP contribution in [0.4, 0.5) is 0 Å². The summed E-state index contributed by atoms with van der Waals surface area (Å²) in [6, 6.07) is 0. The van der Waals surface area contributed by atoms with Gasteiger partial charge in [0.1, 0.15) is 0 Å². The molecule has 5 nitrogen and oxygen atoms in total. The van der Waals surface area contributed by atoms with E-state index in [1.54, 1.807) is 0 Å². The molecule has 98 valence electrons. The molecule has 0 spiro atoms. The normalized spacial score (nSPS) is 10.7. The standard InChI is InChI=1S/C9H12O2.3CO.Fe/c1-11-9(10)8-6-4-2-3-5-7-8;3*1-2;/h4,6-7H,2-3,5H2,1H3;;;;. The molecule has 1 aliphatic carbocycles. The van der Waals surface area contributed by atoms with Gasteiger partial charge in [0.05, 0.1) is 12.7 Å². The monoisotopic (exact) mass is 292 g/mol. The zero-order valence-electron chi connectivity index (χ0n) is 9.75. The van der Waals surface area contributed by atoms with Crippen molar-refractivity contribution in [3.05, 3.63) is 43.8 Å². The molecule has 0 heterocycles. The first kappa shape index (κ1) is 25.5. The first-order valence-electron chi connectivity index (χ1n) is 4.41. The van der Waals surface area contributed by atoms with E-state index in [0.29, 0.717) is 5.57 Å². The summed E-state index contributed by atoms with van der Waals surface area (Å²) in [5, 5.41) is 0. The third-order valence-electron chi connectivity index (χ3n) is 1.66. The third-order valence-corrected chi connectivity index (χ3v) is 1.66. The predicted molar refractivity (Wildman–Crippen MR) is 54.9 cm³/mol. The number of allylic oxidation sites excluding steroid dienone is 2. The van der Waals surface area contributed by atoms with E-state index < -0.39 is 0 Å². The predicted octanol–water partition coefficient (Wildman–Crippen LogP) is 1.71. The fourth-order valence-electron chi connectivity index (χ4n) is 1.04. The molecule has 6 heteroatoms. The van der Waals surface area contributed by atoms with Crippen LogP contribution in [-0.4, -0.2) is 13.1 Å². The Morgan fingerprint density at radius 1 is 1.17 bits per heavy atom. The van der Waals surface area contributed by atoms with E-state index >= 15 is 0 Å². The van der Waals surface area contributed by atoms with Crippen molar-refractivity contribution >= 4 is 5.97 Å². The van der Waals surface area contributed by atoms with Gasteiger partial charge in [-0.2, -0.15) is 0 Å². The molecule has 0 bridgehead atoms. The molecule has 0 saturated heterocycles. The summed E-state index contributed by atoms with van der Waals surface area (Å²) in [6.07, 6.45) is 8.91. The fraction of sp³-hybridized carbons (Fsp3) is 0.333. The van der Waals surface area contributed by atoms with E-state index in [1.165, 1.54) is 7.11 Å². The van der Waals surface area contributed by atoms with Gasteiger partial charge in [0, 0.05) is 17.1 Å². The third kappa shape index (κ3) is 14.7. The summed E-state index contributed by atoms with van der Waals surface area (Å²) < 4.78 is 27.1. The summed E-state index contributed by atoms with van der Waals surface area (Å²) in [4.78, 5) is 11.0. The smallest absolute Gasteiger partial charge is 0 e. The minimum atomic E-state index is -0.233. The number of ether oxygens (including phenoxy) is 1. The molecule has 0 amide bonds. The molecule has 0 fully saturated rings. The molecule has 0 aromatic carbocycles. The van der Waals surface area contributed by atoms with Crippen molar-refractivity contribution in [1.82, 2.24) is 0 Å². The summed E-state index contributed by atoms with van der Waals surface area (Å²) in [5.41, 5.74) is 0.685. The number of hydrogen-bond donors (Lipinski definition) is 0. The topological polar surface area (TPSA) is 86.0 Å². The van der Waals surface area contributed by atoms with Crippen LogP contribution in [0.1, 0.15) is 19.3 Å². The van der Waals surface area contributed by atoms with Crippen LogP contribution in [-0.2, 0) is 40.6 Å². The summed E-state index contributed by atoms with van der Waals surface area (Å²) in [7, 11) is 1.40. The minimum absolute atomic E-state index is 0. The molecule has 0 radical (unpaired) electrons. The molecule has 18 heavy (non-hydrogen) atoms. The zero-order chi connectivity index (χ0) is 14.1. The maximum Gasteiger partial charge on any atom is 0 e. The van der Waals surface area contributed by atoms with Gasteiger partial charge in [-0.1, -0.05) is 18.2 Å². The number of hydrogen-bond acceptors (Lipinski definition) is 2. The van der Waals surface area contributed by atoms with Crippen LogP contribution in [0.15, 0.2) is 23.8 Å². The second-order valence-corrected chi connectivity index (χ2v) is 2.48. The van der Waals surface area contributed by atoms with Gasteiger partial charge < -0.3 is 4.74 Å². The summed E-state index contributed by atoms with van der Waals surface area (Å²) in [5.74, 6) is -0.233. The van der Waals surface area contributed by atoms with Gasteiger partial charge in [-0.15, -0.1) is 0 Å². The number of carbonyl (C=O) groups is 1. The van der Waals surface area contributed by atoms with E-state index in [4.69, 9.17) is 14.0 Å². The van der Waals surface area contributed by atoms with Gasteiger partial charge in [-0.25, -0.2) is 4.79 Å². The maximum atomic E-state index is 11.0. The molecule has 0 saturated carbocycles. The SMILES string of the molecule is COC(=O)C1=CCCCC=C1.[C-]#[O+].[C-]#[O+].[C-]#[O+].[Fe]. The summed E-state index contributed by atoms with van der Waals surface area (Å²) >= 11 is 0. The Morgan fingerprint density at radius 2 is 1.67 bits per heavy atom. The fourth-order valence-corrected chi connectivity index (χ4v) is 1.04. The van der Waals surface area contributed by atoms with Crippen molar-refractivity contribution in [2.45, 2.75) is 19.3 Å². The molecule has 0 N–H and O–H groups in total. The van der Waals surface area contributed by atoms with Crippen molar-refractivity contribution in [1.29, 1.82) is 0 Å². The van der Waals surface area contributed by atoms with Crippen molar-refractivity contribution in [3.63, 3.8) is 0 Å². The molecular weight excluding hydrogens is 280 g/mol. The van der Waals surface area contributed by atoms with Crippen LogP contribution >= 0.6 is 0 Å². The molecule has 0 aromatic heterocycles. The van der Waals surface area contributed by atoms with E-state index in [1.807, 2.05) is 18.2 Å². The van der Waals surface area contributed by atoms with Gasteiger partial charge in [0.25, 0.3) is 0 Å². The van der Waals surface area contributed by atoms with E-state index in [9.17, 15) is 4.79 Å². The van der Waals surface area contributed by atoms with Gasteiger partial charge in [0.2, 0.25) is 0 Å². The number of carbonyl (C=O) groups excluding carboxylic acids is 1. The average molecular weight is 292 g/mol. The quantitative estimate of drug-likeness (QED) is 0.319. The minimum Gasteiger partial charge on any atom is 0 e. The molecule has 0 aromatic rings. The van der Waals surface area contributed by atoms with Crippen molar-refractivity contribution < 1.29 is 40.6 Å². The van der Waals surface area contributed by atoms with Crippen LogP contribution in [0.2, 0.25) is 0 Å². The first-order chi connectivity index (χ1) is 8.34. The first-order valence-corrected chi connectivity index (χ1v) is 4.41. The van der Waals surface area contributed by atoms with Crippen molar-refractivity contribution in [2.24, 2.45) is 0 Å². The van der Waals surface area contributed by atoms with Gasteiger partial charge in [0.15, 0.2) is 0 Å². The number of esters is 1. The Hall–Kier alpha value is -1.31. The zero-order valence-corrected chi connectivity index (χ0v) is 10.9. The van der Waals surface area contributed by atoms with Crippen LogP contribution < -0.4 is 0 Å². The molecule has 1 rings (SSSR count). The Balaban J connectivity index is -0.000000123. The van der Waals surface area contributed by atoms with Crippen molar-refractivity contribution in [3.8, 4) is 0 Å². The molecule has 0 atom stereocenters. The largest absolute Gasteiger partial charge is 0 e. The van der Waals surface area contributed by atoms with E-state index in [0.717, 1.165) is 19.3 Å². The molecule has 1 aliphatic rings. The number of methoxy groups -OCH3 is 1. The summed E-state index contributed by atoms with van der Waals surface area (Å²) in [6.45, 7) is 13.5.